The van der Waals surface area contributed by atoms with E-state index in [2.05, 4.69) is 10.2 Å². The van der Waals surface area contributed by atoms with Crippen LogP contribution in [0.15, 0.2) is 54.3 Å². The Morgan fingerprint density at radius 3 is 2.54 bits per heavy atom. The standard InChI is InChI=1S/C17H20N4O.C2H6/c1-2-12(9-10-18)7-8-13-11-15(20-21-17(13)19)14-5-3-4-6-16(14)22;1-2/h2-6,9-11,22H,7-8,18H2,1H3,(H2,19,21);1-2H3/b10-9-,12-2-;. The molecular formula is C19H26N4O. The Kier molecular flexibility index (Phi) is 8.05. The van der Waals surface area contributed by atoms with Crippen LogP contribution < -0.4 is 11.5 Å². The molecule has 5 nitrogen and oxygen atoms in total. The van der Waals surface area contributed by atoms with Gasteiger partial charge in [0.15, 0.2) is 0 Å². The van der Waals surface area contributed by atoms with Crippen LogP contribution in [-0.2, 0) is 6.42 Å². The van der Waals surface area contributed by atoms with Crippen LogP contribution in [0.2, 0.25) is 0 Å². The van der Waals surface area contributed by atoms with Crippen molar-refractivity contribution in [3.05, 3.63) is 59.8 Å². The van der Waals surface area contributed by atoms with Gasteiger partial charge in [-0.3, -0.25) is 0 Å². The van der Waals surface area contributed by atoms with Crippen molar-refractivity contribution in [3.63, 3.8) is 0 Å². The van der Waals surface area contributed by atoms with Gasteiger partial charge < -0.3 is 16.6 Å². The zero-order valence-electron chi connectivity index (χ0n) is 14.5. The van der Waals surface area contributed by atoms with Crippen LogP contribution in [0.5, 0.6) is 5.75 Å². The molecule has 2 rings (SSSR count). The molecule has 0 fully saturated rings. The maximum atomic E-state index is 9.92. The Bertz CT molecular complexity index is 708. The highest BCUT2D eigenvalue weighted by molar-refractivity contribution is 5.67. The number of hydrogen-bond acceptors (Lipinski definition) is 5. The van der Waals surface area contributed by atoms with Crippen molar-refractivity contribution in [2.45, 2.75) is 33.6 Å². The number of nitrogens with two attached hydrogens (primary N) is 2. The Balaban J connectivity index is 0.00000139. The molecule has 0 spiro atoms. The van der Waals surface area contributed by atoms with Gasteiger partial charge in [-0.15, -0.1) is 10.2 Å². The third-order valence-corrected chi connectivity index (χ3v) is 3.45. The number of aromatic nitrogens is 2. The highest BCUT2D eigenvalue weighted by Gasteiger charge is 2.09. The third kappa shape index (κ3) is 5.12. The second-order valence-corrected chi connectivity index (χ2v) is 4.88. The summed E-state index contributed by atoms with van der Waals surface area (Å²) in [5, 5.41) is 18.0. The summed E-state index contributed by atoms with van der Waals surface area (Å²) in [5.41, 5.74) is 14.6. The molecule has 0 bridgehead atoms. The summed E-state index contributed by atoms with van der Waals surface area (Å²) in [6.45, 7) is 5.97. The van der Waals surface area contributed by atoms with Crippen molar-refractivity contribution in [1.82, 2.24) is 10.2 Å². The molecule has 2 aromatic rings. The summed E-state index contributed by atoms with van der Waals surface area (Å²) in [6.07, 6.45) is 6.94. The molecule has 0 amide bonds. The van der Waals surface area contributed by atoms with Gasteiger partial charge in [0, 0.05) is 5.56 Å². The van der Waals surface area contributed by atoms with Crippen molar-refractivity contribution >= 4 is 5.82 Å². The summed E-state index contributed by atoms with van der Waals surface area (Å²) >= 11 is 0. The number of rotatable bonds is 5. The van der Waals surface area contributed by atoms with Crippen LogP contribution in [0.1, 0.15) is 32.8 Å². The van der Waals surface area contributed by atoms with E-state index in [0.717, 1.165) is 24.0 Å². The zero-order valence-corrected chi connectivity index (χ0v) is 14.5. The van der Waals surface area contributed by atoms with Crippen LogP contribution in [0.4, 0.5) is 5.82 Å². The van der Waals surface area contributed by atoms with Crippen LogP contribution in [0.25, 0.3) is 11.3 Å². The number of aryl methyl sites for hydroxylation is 1. The zero-order chi connectivity index (χ0) is 17.9. The van der Waals surface area contributed by atoms with E-state index in [4.69, 9.17) is 11.5 Å². The normalized spacial score (nSPS) is 11.2. The summed E-state index contributed by atoms with van der Waals surface area (Å²) in [7, 11) is 0. The lowest BCUT2D eigenvalue weighted by Crippen LogP contribution is -2.02. The number of phenols is 1. The van der Waals surface area contributed by atoms with Crippen molar-refractivity contribution in [1.29, 1.82) is 0 Å². The van der Waals surface area contributed by atoms with E-state index < -0.39 is 0 Å². The topological polar surface area (TPSA) is 98.0 Å². The van der Waals surface area contributed by atoms with Gasteiger partial charge in [0.2, 0.25) is 0 Å². The molecule has 0 atom stereocenters. The number of aromatic hydroxyl groups is 1. The molecule has 5 heteroatoms. The third-order valence-electron chi connectivity index (χ3n) is 3.45. The smallest absolute Gasteiger partial charge is 0.149 e. The summed E-state index contributed by atoms with van der Waals surface area (Å²) in [6, 6.07) is 8.90. The first-order valence-electron chi connectivity index (χ1n) is 8.09. The Labute approximate surface area is 143 Å². The number of para-hydroxylation sites is 1. The highest BCUT2D eigenvalue weighted by Crippen LogP contribution is 2.28. The molecule has 0 saturated heterocycles. The van der Waals surface area contributed by atoms with Crippen molar-refractivity contribution in [3.8, 4) is 17.0 Å². The number of anilines is 1. The van der Waals surface area contributed by atoms with Gasteiger partial charge in [-0.05, 0) is 55.8 Å². The predicted molar refractivity (Wildman–Crippen MR) is 100 cm³/mol. The fourth-order valence-corrected chi connectivity index (χ4v) is 2.19. The number of phenolic OH excluding ortho intramolecular Hbond substituents is 1. The summed E-state index contributed by atoms with van der Waals surface area (Å²) in [4.78, 5) is 0. The first-order valence-corrected chi connectivity index (χ1v) is 8.09. The van der Waals surface area contributed by atoms with Gasteiger partial charge in [-0.25, -0.2) is 0 Å². The van der Waals surface area contributed by atoms with Gasteiger partial charge in [-0.2, -0.15) is 0 Å². The first-order chi connectivity index (χ1) is 11.7. The molecule has 1 aromatic carbocycles. The van der Waals surface area contributed by atoms with Crippen molar-refractivity contribution in [2.75, 3.05) is 5.73 Å². The van der Waals surface area contributed by atoms with Crippen LogP contribution in [-0.4, -0.2) is 15.3 Å². The molecule has 24 heavy (non-hydrogen) atoms. The minimum Gasteiger partial charge on any atom is -0.507 e. The van der Waals surface area contributed by atoms with Gasteiger partial charge in [0.05, 0.1) is 5.69 Å². The van der Waals surface area contributed by atoms with Crippen molar-refractivity contribution < 1.29 is 5.11 Å². The minimum absolute atomic E-state index is 0.174. The van der Waals surface area contributed by atoms with E-state index in [1.165, 1.54) is 6.20 Å². The second kappa shape index (κ2) is 10.0. The molecule has 5 N–H and O–H groups in total. The van der Waals surface area contributed by atoms with Gasteiger partial charge in [0.1, 0.15) is 11.6 Å². The number of allylic oxidation sites excluding steroid dienone is 3. The van der Waals surface area contributed by atoms with E-state index >= 15 is 0 Å². The molecule has 0 aliphatic carbocycles. The number of nitrogens with zero attached hydrogens (tertiary/aromatic N) is 2. The molecule has 0 aliphatic heterocycles. The summed E-state index contributed by atoms with van der Waals surface area (Å²) < 4.78 is 0. The van der Waals surface area contributed by atoms with Gasteiger partial charge in [-0.1, -0.05) is 37.6 Å². The fourth-order valence-electron chi connectivity index (χ4n) is 2.19. The van der Waals surface area contributed by atoms with E-state index in [1.807, 2.05) is 45.1 Å². The van der Waals surface area contributed by atoms with E-state index in [0.29, 0.717) is 17.1 Å². The molecule has 1 aromatic heterocycles. The fraction of sp³-hybridized carbons (Fsp3) is 0.263. The highest BCUT2D eigenvalue weighted by atomic mass is 16.3. The number of hydrogen-bond donors (Lipinski definition) is 3. The lowest BCUT2D eigenvalue weighted by Gasteiger charge is -2.08. The quantitative estimate of drug-likeness (QED) is 0.726. The Hall–Kier alpha value is -2.82. The molecule has 0 radical (unpaired) electrons. The number of nitrogen functional groups attached to an aromatic ring is 1. The average molecular weight is 326 g/mol. The van der Waals surface area contributed by atoms with Crippen molar-refractivity contribution in [2.24, 2.45) is 5.73 Å². The lowest BCUT2D eigenvalue weighted by molar-refractivity contribution is 0.477. The molecule has 0 unspecified atom stereocenters. The van der Waals surface area contributed by atoms with Crippen LogP contribution in [0.3, 0.4) is 0 Å². The largest absolute Gasteiger partial charge is 0.507 e. The Morgan fingerprint density at radius 1 is 1.21 bits per heavy atom. The first kappa shape index (κ1) is 19.2. The SMILES string of the molecule is C/C=C(\C=C/N)CCc1cc(-c2ccccc2O)nnc1N.CC. The molecule has 128 valence electrons. The Morgan fingerprint density at radius 2 is 1.92 bits per heavy atom. The van der Waals surface area contributed by atoms with E-state index in [9.17, 15) is 5.11 Å². The molecule has 0 saturated carbocycles. The maximum Gasteiger partial charge on any atom is 0.149 e. The average Bonchev–Trinajstić information content (AvgIpc) is 2.62. The summed E-state index contributed by atoms with van der Waals surface area (Å²) in [5.74, 6) is 0.582. The van der Waals surface area contributed by atoms with Gasteiger partial charge in [0.25, 0.3) is 0 Å². The monoisotopic (exact) mass is 326 g/mol. The van der Waals surface area contributed by atoms with Gasteiger partial charge >= 0.3 is 0 Å². The van der Waals surface area contributed by atoms with E-state index in [1.54, 1.807) is 18.2 Å². The van der Waals surface area contributed by atoms with Crippen LogP contribution in [0, 0.1) is 0 Å². The maximum absolute atomic E-state index is 9.92. The second-order valence-electron chi connectivity index (χ2n) is 4.88. The van der Waals surface area contributed by atoms with E-state index in [-0.39, 0.29) is 5.75 Å². The minimum atomic E-state index is 0.174. The lowest BCUT2D eigenvalue weighted by atomic mass is 10.0. The molecular weight excluding hydrogens is 300 g/mol. The van der Waals surface area contributed by atoms with Crippen LogP contribution >= 0.6 is 0 Å². The molecule has 0 aliphatic rings. The molecule has 1 heterocycles. The number of benzene rings is 1. The predicted octanol–water partition coefficient (Wildman–Crippen LogP) is 3.81.